The van der Waals surface area contributed by atoms with Gasteiger partial charge in [0.25, 0.3) is 5.69 Å². The molecule has 1 atom stereocenters. The van der Waals surface area contributed by atoms with Crippen molar-refractivity contribution in [2.75, 3.05) is 25.9 Å². The second kappa shape index (κ2) is 8.21. The van der Waals surface area contributed by atoms with Gasteiger partial charge in [-0.05, 0) is 25.1 Å². The Morgan fingerprint density at radius 2 is 2.14 bits per heavy atom. The first-order chi connectivity index (χ1) is 9.58. The molecule has 0 aliphatic carbocycles. The fourth-order valence-corrected chi connectivity index (χ4v) is 2.91. The number of non-ortho nitro benzene ring substituents is 1. The highest BCUT2D eigenvalue weighted by atomic mass is 35.5. The van der Waals surface area contributed by atoms with Crippen LogP contribution in [0.1, 0.15) is 6.42 Å². The SMILES string of the molecule is CN(C(=O)CSc1ccc([N+](=O)[O-])cc1)C1CCNC1.Cl. The summed E-state index contributed by atoms with van der Waals surface area (Å²) < 4.78 is 0. The molecule has 1 aromatic carbocycles. The number of carbonyl (C=O) groups is 1. The highest BCUT2D eigenvalue weighted by Gasteiger charge is 2.22. The van der Waals surface area contributed by atoms with Crippen LogP contribution in [0.3, 0.4) is 0 Å². The van der Waals surface area contributed by atoms with Crippen molar-refractivity contribution in [3.05, 3.63) is 34.4 Å². The van der Waals surface area contributed by atoms with Crippen LogP contribution in [0.2, 0.25) is 0 Å². The van der Waals surface area contributed by atoms with Crippen LogP contribution in [0.4, 0.5) is 5.69 Å². The Kier molecular flexibility index (Phi) is 6.94. The number of benzene rings is 1. The molecule has 1 aromatic rings. The fourth-order valence-electron chi connectivity index (χ4n) is 2.08. The van der Waals surface area contributed by atoms with E-state index >= 15 is 0 Å². The lowest BCUT2D eigenvalue weighted by Gasteiger charge is -2.23. The molecular formula is C13H18ClN3O3S. The minimum Gasteiger partial charge on any atom is -0.341 e. The Bertz CT molecular complexity index is 492. The number of amides is 1. The number of hydrogen-bond acceptors (Lipinski definition) is 5. The largest absolute Gasteiger partial charge is 0.341 e. The Labute approximate surface area is 133 Å². The predicted octanol–water partition coefficient (Wildman–Crippen LogP) is 1.93. The van der Waals surface area contributed by atoms with E-state index in [9.17, 15) is 14.9 Å². The predicted molar refractivity (Wildman–Crippen MR) is 85.1 cm³/mol. The van der Waals surface area contributed by atoms with Crippen LogP contribution >= 0.6 is 24.2 Å². The van der Waals surface area contributed by atoms with E-state index in [1.54, 1.807) is 17.0 Å². The summed E-state index contributed by atoms with van der Waals surface area (Å²) in [5.41, 5.74) is 0.0647. The molecule has 2 rings (SSSR count). The summed E-state index contributed by atoms with van der Waals surface area (Å²) in [5.74, 6) is 0.437. The van der Waals surface area contributed by atoms with Gasteiger partial charge in [0.1, 0.15) is 0 Å². The summed E-state index contributed by atoms with van der Waals surface area (Å²) in [5, 5.41) is 13.8. The molecule has 8 heteroatoms. The zero-order valence-electron chi connectivity index (χ0n) is 11.7. The first-order valence-corrected chi connectivity index (χ1v) is 7.40. The van der Waals surface area contributed by atoms with Crippen molar-refractivity contribution in [3.63, 3.8) is 0 Å². The maximum Gasteiger partial charge on any atom is 0.269 e. The van der Waals surface area contributed by atoms with E-state index in [-0.39, 0.29) is 30.0 Å². The van der Waals surface area contributed by atoms with E-state index in [1.165, 1.54) is 23.9 Å². The number of halogens is 1. The Morgan fingerprint density at radius 1 is 1.48 bits per heavy atom. The third kappa shape index (κ3) is 4.87. The van der Waals surface area contributed by atoms with E-state index in [1.807, 2.05) is 7.05 Å². The zero-order chi connectivity index (χ0) is 14.5. The van der Waals surface area contributed by atoms with Crippen molar-refractivity contribution >= 4 is 35.8 Å². The number of hydrogen-bond donors (Lipinski definition) is 1. The molecule has 1 aliphatic heterocycles. The van der Waals surface area contributed by atoms with E-state index < -0.39 is 4.92 Å². The minimum absolute atomic E-state index is 0. The van der Waals surface area contributed by atoms with Gasteiger partial charge in [0.05, 0.1) is 10.7 Å². The molecule has 6 nitrogen and oxygen atoms in total. The summed E-state index contributed by atoms with van der Waals surface area (Å²) in [6.07, 6.45) is 0.991. The summed E-state index contributed by atoms with van der Waals surface area (Å²) in [4.78, 5) is 24.8. The van der Waals surface area contributed by atoms with E-state index in [0.717, 1.165) is 24.4 Å². The first-order valence-electron chi connectivity index (χ1n) is 6.41. The zero-order valence-corrected chi connectivity index (χ0v) is 13.3. The molecule has 1 aliphatic rings. The molecule has 1 amide bonds. The fraction of sp³-hybridized carbons (Fsp3) is 0.462. The second-order valence-corrected chi connectivity index (χ2v) is 5.74. The quantitative estimate of drug-likeness (QED) is 0.507. The van der Waals surface area contributed by atoms with Gasteiger partial charge in [-0.15, -0.1) is 24.2 Å². The third-order valence-electron chi connectivity index (χ3n) is 3.39. The van der Waals surface area contributed by atoms with Gasteiger partial charge in [0, 0.05) is 36.7 Å². The number of nitrogens with zero attached hydrogens (tertiary/aromatic N) is 2. The van der Waals surface area contributed by atoms with Crippen molar-refractivity contribution in [2.45, 2.75) is 17.4 Å². The van der Waals surface area contributed by atoms with Crippen LogP contribution in [-0.2, 0) is 4.79 Å². The highest BCUT2D eigenvalue weighted by Crippen LogP contribution is 2.22. The van der Waals surface area contributed by atoms with Crippen LogP contribution in [0.5, 0.6) is 0 Å². The van der Waals surface area contributed by atoms with Gasteiger partial charge in [0.2, 0.25) is 5.91 Å². The number of carbonyl (C=O) groups excluding carboxylic acids is 1. The van der Waals surface area contributed by atoms with Crippen molar-refractivity contribution in [1.29, 1.82) is 0 Å². The summed E-state index contributed by atoms with van der Waals surface area (Å²) in [7, 11) is 1.83. The average Bonchev–Trinajstić information content (AvgIpc) is 2.98. The van der Waals surface area contributed by atoms with E-state index in [0.29, 0.717) is 5.75 Å². The Balaban J connectivity index is 0.00000220. The number of nitro benzene ring substituents is 1. The molecule has 0 bridgehead atoms. The average molecular weight is 332 g/mol. The third-order valence-corrected chi connectivity index (χ3v) is 4.38. The van der Waals surface area contributed by atoms with Crippen LogP contribution in [0.15, 0.2) is 29.2 Å². The maximum absolute atomic E-state index is 12.0. The molecule has 0 radical (unpaired) electrons. The summed E-state index contributed by atoms with van der Waals surface area (Å²) in [6.45, 7) is 1.81. The summed E-state index contributed by atoms with van der Waals surface area (Å²) >= 11 is 1.40. The highest BCUT2D eigenvalue weighted by molar-refractivity contribution is 8.00. The molecule has 1 heterocycles. The van der Waals surface area contributed by atoms with Crippen molar-refractivity contribution < 1.29 is 9.72 Å². The van der Waals surface area contributed by atoms with Gasteiger partial charge < -0.3 is 10.2 Å². The molecular weight excluding hydrogens is 314 g/mol. The van der Waals surface area contributed by atoms with Gasteiger partial charge in [-0.2, -0.15) is 0 Å². The van der Waals surface area contributed by atoms with E-state index in [4.69, 9.17) is 0 Å². The standard InChI is InChI=1S/C13H17N3O3S.ClH/c1-15(11-6-7-14-8-11)13(17)9-20-12-4-2-10(3-5-12)16(18)19;/h2-5,11,14H,6-9H2,1H3;1H. The molecule has 0 spiro atoms. The van der Waals surface area contributed by atoms with Gasteiger partial charge in [-0.1, -0.05) is 0 Å². The second-order valence-electron chi connectivity index (χ2n) is 4.69. The molecule has 116 valence electrons. The van der Waals surface area contributed by atoms with E-state index in [2.05, 4.69) is 5.32 Å². The lowest BCUT2D eigenvalue weighted by molar-refractivity contribution is -0.384. The van der Waals surface area contributed by atoms with Crippen LogP contribution in [0.25, 0.3) is 0 Å². The van der Waals surface area contributed by atoms with Gasteiger partial charge in [-0.3, -0.25) is 14.9 Å². The maximum atomic E-state index is 12.0. The normalized spacial score (nSPS) is 17.1. The topological polar surface area (TPSA) is 75.5 Å². The first kappa shape index (κ1) is 17.7. The molecule has 1 fully saturated rings. The molecule has 0 saturated carbocycles. The van der Waals surface area contributed by atoms with Crippen LogP contribution in [0, 0.1) is 10.1 Å². The minimum atomic E-state index is -0.430. The monoisotopic (exact) mass is 331 g/mol. The van der Waals surface area contributed by atoms with Crippen LogP contribution < -0.4 is 5.32 Å². The summed E-state index contributed by atoms with van der Waals surface area (Å²) in [6, 6.07) is 6.54. The Morgan fingerprint density at radius 3 is 2.67 bits per heavy atom. The number of likely N-dealkylation sites (N-methyl/N-ethyl adjacent to an activating group) is 1. The number of nitrogens with one attached hydrogen (secondary N) is 1. The van der Waals surface area contributed by atoms with Crippen molar-refractivity contribution in [3.8, 4) is 0 Å². The van der Waals surface area contributed by atoms with Gasteiger partial charge in [0.15, 0.2) is 0 Å². The lowest BCUT2D eigenvalue weighted by atomic mass is 10.2. The molecule has 1 N–H and O–H groups in total. The molecule has 1 unspecified atom stereocenters. The smallest absolute Gasteiger partial charge is 0.269 e. The van der Waals surface area contributed by atoms with Crippen LogP contribution in [-0.4, -0.2) is 47.7 Å². The number of thioether (sulfide) groups is 1. The van der Waals surface area contributed by atoms with Crippen molar-refractivity contribution in [1.82, 2.24) is 10.2 Å². The molecule has 1 saturated heterocycles. The Hall–Kier alpha value is -1.31. The van der Waals surface area contributed by atoms with Crippen molar-refractivity contribution in [2.24, 2.45) is 0 Å². The molecule has 0 aromatic heterocycles. The van der Waals surface area contributed by atoms with Gasteiger partial charge in [-0.25, -0.2) is 0 Å². The lowest BCUT2D eigenvalue weighted by Crippen LogP contribution is -2.39. The number of nitro groups is 1. The molecule has 21 heavy (non-hydrogen) atoms. The van der Waals surface area contributed by atoms with Gasteiger partial charge >= 0.3 is 0 Å². The number of rotatable bonds is 5.